The van der Waals surface area contributed by atoms with E-state index >= 15 is 0 Å². The molecule has 0 spiro atoms. The number of anilines is 3. The fraction of sp³-hybridized carbons (Fsp3) is 0.484. The van der Waals surface area contributed by atoms with E-state index in [1.54, 1.807) is 24.3 Å². The smallest absolute Gasteiger partial charge is 0.368 e. The quantitative estimate of drug-likeness (QED) is 0.298. The number of hydrogen-bond donors (Lipinski definition) is 1. The number of halogens is 5. The molecule has 1 N–H and O–H groups in total. The molecule has 3 heterocycles. The van der Waals surface area contributed by atoms with E-state index in [0.29, 0.717) is 35.9 Å². The van der Waals surface area contributed by atoms with Gasteiger partial charge in [-0.15, -0.1) is 0 Å². The zero-order valence-corrected chi connectivity index (χ0v) is 26.3. The highest BCUT2D eigenvalue weighted by atomic mass is 35.5. The van der Waals surface area contributed by atoms with Crippen molar-refractivity contribution in [3.8, 4) is 0 Å². The minimum atomic E-state index is -4.67. The molecular formula is C31H37ClF4N6O3. The largest absolute Gasteiger partial charge is 0.416 e. The number of nitrogens with one attached hydrogen (secondary N) is 1. The van der Waals surface area contributed by atoms with E-state index in [-0.39, 0.29) is 43.4 Å². The first-order valence-electron chi connectivity index (χ1n) is 14.6. The SMILES string of the molecule is Cc1cc(C(F)(F)F)cc(N2C(=O)C[C@@H]3CN(CCCC(F)CNC(=O)/C=C/CN(C)C)c4c(Cl)cccc4N(C)C(=O)[C@H]32)n1. The van der Waals surface area contributed by atoms with Crippen molar-refractivity contribution in [2.45, 2.75) is 44.6 Å². The molecular weight excluding hydrogens is 616 g/mol. The summed E-state index contributed by atoms with van der Waals surface area (Å²) in [5.41, 5.74) is 0.0883. The van der Waals surface area contributed by atoms with E-state index < -0.39 is 41.7 Å². The number of amides is 3. The number of pyridine rings is 1. The van der Waals surface area contributed by atoms with E-state index in [2.05, 4.69) is 10.3 Å². The summed E-state index contributed by atoms with van der Waals surface area (Å²) in [5, 5.41) is 2.91. The van der Waals surface area contributed by atoms with Crippen LogP contribution in [0.25, 0.3) is 0 Å². The zero-order chi connectivity index (χ0) is 33.1. The van der Waals surface area contributed by atoms with E-state index in [1.807, 2.05) is 23.9 Å². The molecule has 3 atom stereocenters. The van der Waals surface area contributed by atoms with Crippen LogP contribution < -0.4 is 20.0 Å². The van der Waals surface area contributed by atoms with Gasteiger partial charge in [0.05, 0.1) is 22.0 Å². The van der Waals surface area contributed by atoms with Gasteiger partial charge < -0.3 is 20.0 Å². The lowest BCUT2D eigenvalue weighted by atomic mass is 9.95. The molecule has 1 unspecified atom stereocenters. The van der Waals surface area contributed by atoms with Gasteiger partial charge in [0.2, 0.25) is 17.7 Å². The Morgan fingerprint density at radius 1 is 1.24 bits per heavy atom. The number of benzene rings is 1. The van der Waals surface area contributed by atoms with Crippen molar-refractivity contribution in [3.63, 3.8) is 0 Å². The van der Waals surface area contributed by atoms with Gasteiger partial charge in [-0.3, -0.25) is 19.3 Å². The standard InChI is InChI=1S/C31H37ClF4N6O3/c1-19-14-21(31(34,35)36)16-25(38-19)42-27(44)15-20-18-41(13-6-8-22(33)17-37-26(43)11-7-12-39(2)3)29-23(32)9-5-10-24(29)40(4)30(45)28(20)42/h5,7,9-11,14,16,20,22,28H,6,8,12-13,15,17-18H2,1-4H3,(H,37,43)/b11-7+/t20-,22?,28+/m1/s1. The second-order valence-corrected chi connectivity index (χ2v) is 12.0. The molecule has 1 fully saturated rings. The average Bonchev–Trinajstić information content (AvgIpc) is 3.28. The van der Waals surface area contributed by atoms with Gasteiger partial charge in [0.25, 0.3) is 0 Å². The topological polar surface area (TPSA) is 89.1 Å². The molecule has 9 nitrogen and oxygen atoms in total. The first-order chi connectivity index (χ1) is 21.2. The summed E-state index contributed by atoms with van der Waals surface area (Å²) in [6.07, 6.45) is -2.55. The Labute approximate surface area is 264 Å². The number of hydrogen-bond acceptors (Lipinski definition) is 6. The van der Waals surface area contributed by atoms with Gasteiger partial charge in [-0.1, -0.05) is 23.7 Å². The molecule has 0 saturated carbocycles. The lowest BCUT2D eigenvalue weighted by Crippen LogP contribution is -2.52. The molecule has 4 rings (SSSR count). The molecule has 0 radical (unpaired) electrons. The molecule has 2 aliphatic heterocycles. The Morgan fingerprint density at radius 3 is 2.67 bits per heavy atom. The van der Waals surface area contributed by atoms with Crippen LogP contribution in [0.3, 0.4) is 0 Å². The molecule has 1 saturated heterocycles. The number of aromatic nitrogens is 1. The van der Waals surface area contributed by atoms with E-state index in [4.69, 9.17) is 11.6 Å². The fourth-order valence-corrected chi connectivity index (χ4v) is 6.00. The van der Waals surface area contributed by atoms with Crippen LogP contribution in [0.15, 0.2) is 42.5 Å². The maximum atomic E-state index is 14.8. The summed E-state index contributed by atoms with van der Waals surface area (Å²) < 4.78 is 55.7. The third kappa shape index (κ3) is 8.12. The Morgan fingerprint density at radius 2 is 1.98 bits per heavy atom. The van der Waals surface area contributed by atoms with Gasteiger partial charge in [0.15, 0.2) is 0 Å². The summed E-state index contributed by atoms with van der Waals surface area (Å²) in [6, 6.07) is 5.60. The van der Waals surface area contributed by atoms with Crippen molar-refractivity contribution in [1.29, 1.82) is 0 Å². The first-order valence-corrected chi connectivity index (χ1v) is 15.0. The van der Waals surface area contributed by atoms with Crippen LogP contribution in [-0.2, 0) is 20.6 Å². The van der Waals surface area contributed by atoms with E-state index in [1.165, 1.54) is 24.9 Å². The predicted molar refractivity (Wildman–Crippen MR) is 165 cm³/mol. The number of nitrogens with zero attached hydrogens (tertiary/aromatic N) is 5. The number of fused-ring (bicyclic) bond motifs is 2. The van der Waals surface area contributed by atoms with Crippen LogP contribution in [0.5, 0.6) is 0 Å². The van der Waals surface area contributed by atoms with E-state index in [0.717, 1.165) is 17.0 Å². The monoisotopic (exact) mass is 652 g/mol. The molecule has 14 heteroatoms. The number of likely N-dealkylation sites (N-methyl/N-ethyl adjacent to an activating group) is 2. The minimum Gasteiger partial charge on any atom is -0.368 e. The maximum Gasteiger partial charge on any atom is 0.416 e. The fourth-order valence-electron chi connectivity index (χ4n) is 5.71. The molecule has 2 aliphatic rings. The van der Waals surface area contributed by atoms with Crippen LogP contribution in [0.1, 0.15) is 30.5 Å². The van der Waals surface area contributed by atoms with Gasteiger partial charge in [-0.2, -0.15) is 13.2 Å². The molecule has 1 aromatic carbocycles. The second kappa shape index (κ2) is 14.2. The number of para-hydroxylation sites is 1. The van der Waals surface area contributed by atoms with Crippen molar-refractivity contribution >= 4 is 46.5 Å². The van der Waals surface area contributed by atoms with Crippen LogP contribution in [-0.4, -0.2) is 87.1 Å². The molecule has 0 aliphatic carbocycles. The van der Waals surface area contributed by atoms with E-state index in [9.17, 15) is 31.9 Å². The first kappa shape index (κ1) is 34.2. The van der Waals surface area contributed by atoms with Gasteiger partial charge in [0.1, 0.15) is 18.0 Å². The molecule has 45 heavy (non-hydrogen) atoms. The van der Waals surface area contributed by atoms with Crippen molar-refractivity contribution in [3.05, 3.63) is 58.8 Å². The van der Waals surface area contributed by atoms with Crippen LogP contribution in [0, 0.1) is 12.8 Å². The minimum absolute atomic E-state index is 0.0584. The average molecular weight is 653 g/mol. The van der Waals surface area contributed by atoms with Crippen molar-refractivity contribution < 1.29 is 31.9 Å². The van der Waals surface area contributed by atoms with Crippen molar-refractivity contribution in [1.82, 2.24) is 15.2 Å². The molecule has 2 aromatic rings. The Bertz CT molecular complexity index is 1450. The number of alkyl halides is 4. The predicted octanol–water partition coefficient (Wildman–Crippen LogP) is 4.62. The zero-order valence-electron chi connectivity index (χ0n) is 25.6. The summed E-state index contributed by atoms with van der Waals surface area (Å²) in [5.74, 6) is -2.23. The summed E-state index contributed by atoms with van der Waals surface area (Å²) in [7, 11) is 5.25. The second-order valence-electron chi connectivity index (χ2n) is 11.6. The van der Waals surface area contributed by atoms with Crippen LogP contribution in [0.4, 0.5) is 34.8 Å². The van der Waals surface area contributed by atoms with Crippen molar-refractivity contribution in [2.75, 3.05) is 62.0 Å². The highest BCUT2D eigenvalue weighted by Crippen LogP contribution is 2.43. The Kier molecular flexibility index (Phi) is 10.7. The van der Waals surface area contributed by atoms with Crippen molar-refractivity contribution in [2.24, 2.45) is 5.92 Å². The third-order valence-electron chi connectivity index (χ3n) is 7.81. The third-order valence-corrected chi connectivity index (χ3v) is 8.11. The Hall–Kier alpha value is -3.71. The van der Waals surface area contributed by atoms with Gasteiger partial charge >= 0.3 is 6.18 Å². The summed E-state index contributed by atoms with van der Waals surface area (Å²) in [4.78, 5) is 49.7. The van der Waals surface area contributed by atoms with Gasteiger partial charge in [-0.05, 0) is 58.1 Å². The highest BCUT2D eigenvalue weighted by Gasteiger charge is 2.49. The maximum absolute atomic E-state index is 14.8. The van der Waals surface area contributed by atoms with Crippen LogP contribution in [0.2, 0.25) is 5.02 Å². The lowest BCUT2D eigenvalue weighted by Gasteiger charge is -2.39. The highest BCUT2D eigenvalue weighted by molar-refractivity contribution is 6.34. The van der Waals surface area contributed by atoms with Crippen LogP contribution >= 0.6 is 11.6 Å². The number of carbonyl (C=O) groups is 3. The molecule has 244 valence electrons. The molecule has 0 bridgehead atoms. The lowest BCUT2D eigenvalue weighted by molar-refractivity contribution is -0.137. The van der Waals surface area contributed by atoms with Gasteiger partial charge in [0, 0.05) is 57.3 Å². The normalized spacial score (nSPS) is 19.6. The number of aryl methyl sites for hydroxylation is 1. The summed E-state index contributed by atoms with van der Waals surface area (Å²) in [6.45, 7) is 2.31. The summed E-state index contributed by atoms with van der Waals surface area (Å²) >= 11 is 6.63. The van der Waals surface area contributed by atoms with Gasteiger partial charge in [-0.25, -0.2) is 9.37 Å². The Balaban J connectivity index is 1.55. The molecule has 1 aromatic heterocycles. The number of carbonyl (C=O) groups excluding carboxylic acids is 3. The number of rotatable bonds is 10. The molecule has 3 amide bonds.